The van der Waals surface area contributed by atoms with Gasteiger partial charge in [0.25, 0.3) is 5.91 Å². The molecule has 0 atom stereocenters. The fraction of sp³-hybridized carbons (Fsp3) is 0.450. The smallest absolute Gasteiger partial charge is 0.253 e. The number of aromatic nitrogens is 2. The highest BCUT2D eigenvalue weighted by Crippen LogP contribution is 2.25. The average molecular weight is 355 g/mol. The SMILES string of the molecule is C=CCc1cc(C(=O)N2CCC(Cc3noc(C)n3)CC2)ccc1OC. The number of likely N-dealkylation sites (tertiary alicyclic amines) is 1. The lowest BCUT2D eigenvalue weighted by Gasteiger charge is -2.31. The number of hydrogen-bond donors (Lipinski definition) is 0. The van der Waals surface area contributed by atoms with Crippen LogP contribution in [0.1, 0.15) is 40.5 Å². The number of benzene rings is 1. The van der Waals surface area contributed by atoms with E-state index in [9.17, 15) is 4.79 Å². The van der Waals surface area contributed by atoms with Crippen molar-refractivity contribution in [1.29, 1.82) is 0 Å². The van der Waals surface area contributed by atoms with Crippen LogP contribution in [0.15, 0.2) is 35.4 Å². The van der Waals surface area contributed by atoms with E-state index in [2.05, 4.69) is 16.7 Å². The van der Waals surface area contributed by atoms with Gasteiger partial charge in [0.15, 0.2) is 5.82 Å². The second-order valence-corrected chi connectivity index (χ2v) is 6.69. The summed E-state index contributed by atoms with van der Waals surface area (Å²) in [4.78, 5) is 19.0. The highest BCUT2D eigenvalue weighted by molar-refractivity contribution is 5.94. The van der Waals surface area contributed by atoms with Crippen molar-refractivity contribution in [2.75, 3.05) is 20.2 Å². The van der Waals surface area contributed by atoms with Crippen molar-refractivity contribution in [1.82, 2.24) is 15.0 Å². The van der Waals surface area contributed by atoms with Gasteiger partial charge in [-0.1, -0.05) is 11.2 Å². The van der Waals surface area contributed by atoms with Gasteiger partial charge in [-0.3, -0.25) is 4.79 Å². The van der Waals surface area contributed by atoms with E-state index in [1.165, 1.54) is 0 Å². The first-order valence-corrected chi connectivity index (χ1v) is 8.97. The van der Waals surface area contributed by atoms with E-state index < -0.39 is 0 Å². The molecule has 2 heterocycles. The fourth-order valence-electron chi connectivity index (χ4n) is 3.43. The third kappa shape index (κ3) is 4.12. The Bertz CT molecular complexity index is 776. The number of allylic oxidation sites excluding steroid dienone is 1. The van der Waals surface area contributed by atoms with E-state index in [-0.39, 0.29) is 5.91 Å². The summed E-state index contributed by atoms with van der Waals surface area (Å²) in [6.07, 6.45) is 5.21. The molecular formula is C20H25N3O3. The maximum atomic E-state index is 12.8. The second kappa shape index (κ2) is 8.17. The minimum Gasteiger partial charge on any atom is -0.496 e. The molecule has 0 saturated carbocycles. The highest BCUT2D eigenvalue weighted by atomic mass is 16.5. The van der Waals surface area contributed by atoms with Gasteiger partial charge in [-0.25, -0.2) is 0 Å². The lowest BCUT2D eigenvalue weighted by atomic mass is 9.93. The van der Waals surface area contributed by atoms with Gasteiger partial charge < -0.3 is 14.2 Å². The molecule has 1 aromatic heterocycles. The van der Waals surface area contributed by atoms with Crippen LogP contribution in [0.25, 0.3) is 0 Å². The highest BCUT2D eigenvalue weighted by Gasteiger charge is 2.25. The zero-order chi connectivity index (χ0) is 18.5. The molecule has 6 heteroatoms. The van der Waals surface area contributed by atoms with Gasteiger partial charge in [0.05, 0.1) is 7.11 Å². The summed E-state index contributed by atoms with van der Waals surface area (Å²) in [6, 6.07) is 5.61. The third-order valence-corrected chi connectivity index (χ3v) is 4.83. The molecule has 1 aromatic carbocycles. The van der Waals surface area contributed by atoms with Crippen LogP contribution in [0, 0.1) is 12.8 Å². The fourth-order valence-corrected chi connectivity index (χ4v) is 3.43. The van der Waals surface area contributed by atoms with Crippen molar-refractivity contribution in [2.45, 2.75) is 32.6 Å². The Morgan fingerprint density at radius 2 is 2.19 bits per heavy atom. The molecule has 3 rings (SSSR count). The van der Waals surface area contributed by atoms with E-state index in [4.69, 9.17) is 9.26 Å². The molecule has 2 aromatic rings. The first kappa shape index (κ1) is 18.2. The number of amides is 1. The van der Waals surface area contributed by atoms with Crippen molar-refractivity contribution < 1.29 is 14.1 Å². The second-order valence-electron chi connectivity index (χ2n) is 6.69. The summed E-state index contributed by atoms with van der Waals surface area (Å²) in [5.74, 6) is 2.71. The van der Waals surface area contributed by atoms with Gasteiger partial charge in [-0.2, -0.15) is 4.98 Å². The normalized spacial score (nSPS) is 15.1. The van der Waals surface area contributed by atoms with Gasteiger partial charge in [-0.05, 0) is 48.9 Å². The molecule has 26 heavy (non-hydrogen) atoms. The average Bonchev–Trinajstić information content (AvgIpc) is 3.07. The predicted molar refractivity (Wildman–Crippen MR) is 98.3 cm³/mol. The molecule has 1 aliphatic rings. The van der Waals surface area contributed by atoms with Crippen LogP contribution in [-0.4, -0.2) is 41.1 Å². The number of aryl methyl sites for hydroxylation is 1. The van der Waals surface area contributed by atoms with Crippen LogP contribution in [0.2, 0.25) is 0 Å². The zero-order valence-corrected chi connectivity index (χ0v) is 15.4. The van der Waals surface area contributed by atoms with Crippen LogP contribution in [-0.2, 0) is 12.8 Å². The predicted octanol–water partition coefficient (Wildman–Crippen LogP) is 3.21. The van der Waals surface area contributed by atoms with E-state index >= 15 is 0 Å². The van der Waals surface area contributed by atoms with E-state index in [1.54, 1.807) is 14.0 Å². The molecule has 0 N–H and O–H groups in total. The Hall–Kier alpha value is -2.63. The Morgan fingerprint density at radius 3 is 2.81 bits per heavy atom. The molecule has 6 nitrogen and oxygen atoms in total. The van der Waals surface area contributed by atoms with Crippen LogP contribution >= 0.6 is 0 Å². The topological polar surface area (TPSA) is 68.5 Å². The van der Waals surface area contributed by atoms with Gasteiger partial charge >= 0.3 is 0 Å². The first-order chi connectivity index (χ1) is 12.6. The maximum Gasteiger partial charge on any atom is 0.253 e. The van der Waals surface area contributed by atoms with Crippen LogP contribution < -0.4 is 4.74 Å². The largest absolute Gasteiger partial charge is 0.496 e. The number of methoxy groups -OCH3 is 1. The quantitative estimate of drug-likeness (QED) is 0.744. The summed E-state index contributed by atoms with van der Waals surface area (Å²) in [6.45, 7) is 7.08. The zero-order valence-electron chi connectivity index (χ0n) is 15.4. The molecule has 0 radical (unpaired) electrons. The van der Waals surface area contributed by atoms with Crippen LogP contribution in [0.4, 0.5) is 0 Å². The molecule has 1 amide bonds. The van der Waals surface area contributed by atoms with Gasteiger partial charge in [-0.15, -0.1) is 6.58 Å². The molecule has 1 fully saturated rings. The van der Waals surface area contributed by atoms with Crippen LogP contribution in [0.3, 0.4) is 0 Å². The number of ether oxygens (including phenoxy) is 1. The van der Waals surface area contributed by atoms with Gasteiger partial charge in [0, 0.05) is 32.0 Å². The van der Waals surface area contributed by atoms with E-state index in [0.29, 0.717) is 23.8 Å². The van der Waals surface area contributed by atoms with Crippen molar-refractivity contribution in [3.05, 3.63) is 53.7 Å². The van der Waals surface area contributed by atoms with Crippen molar-refractivity contribution in [3.63, 3.8) is 0 Å². The minimum atomic E-state index is 0.0758. The molecule has 1 aliphatic heterocycles. The number of hydrogen-bond acceptors (Lipinski definition) is 5. The maximum absolute atomic E-state index is 12.8. The molecule has 0 spiro atoms. The summed E-state index contributed by atoms with van der Waals surface area (Å²) in [7, 11) is 1.64. The van der Waals surface area contributed by atoms with E-state index in [1.807, 2.05) is 29.2 Å². The van der Waals surface area contributed by atoms with E-state index in [0.717, 1.165) is 49.5 Å². The lowest BCUT2D eigenvalue weighted by Crippen LogP contribution is -2.39. The Morgan fingerprint density at radius 1 is 1.42 bits per heavy atom. The third-order valence-electron chi connectivity index (χ3n) is 4.83. The van der Waals surface area contributed by atoms with Crippen LogP contribution in [0.5, 0.6) is 5.75 Å². The van der Waals surface area contributed by atoms with Crippen molar-refractivity contribution in [3.8, 4) is 5.75 Å². The Labute approximate surface area is 153 Å². The number of nitrogens with zero attached hydrogens (tertiary/aromatic N) is 3. The van der Waals surface area contributed by atoms with Crippen molar-refractivity contribution in [2.24, 2.45) is 5.92 Å². The van der Waals surface area contributed by atoms with Crippen molar-refractivity contribution >= 4 is 5.91 Å². The van der Waals surface area contributed by atoms with Gasteiger partial charge in [0.2, 0.25) is 5.89 Å². The number of rotatable bonds is 6. The number of carbonyl (C=O) groups is 1. The molecule has 138 valence electrons. The number of piperidine rings is 1. The molecule has 1 saturated heterocycles. The Balaban J connectivity index is 1.61. The number of carbonyl (C=O) groups excluding carboxylic acids is 1. The monoisotopic (exact) mass is 355 g/mol. The summed E-state index contributed by atoms with van der Waals surface area (Å²) >= 11 is 0. The standard InChI is InChI=1S/C20H25N3O3/c1-4-5-16-13-17(6-7-18(16)25-3)20(24)23-10-8-15(9-11-23)12-19-21-14(2)26-22-19/h4,6-7,13,15H,1,5,8-12H2,2-3H3. The summed E-state index contributed by atoms with van der Waals surface area (Å²) < 4.78 is 10.4. The molecule has 0 bridgehead atoms. The Kier molecular flexibility index (Phi) is 5.71. The first-order valence-electron chi connectivity index (χ1n) is 8.97. The molecule has 0 aliphatic carbocycles. The van der Waals surface area contributed by atoms with Gasteiger partial charge in [0.1, 0.15) is 5.75 Å². The minimum absolute atomic E-state index is 0.0758. The summed E-state index contributed by atoms with van der Waals surface area (Å²) in [5.41, 5.74) is 1.69. The molecule has 0 unspecified atom stereocenters. The summed E-state index contributed by atoms with van der Waals surface area (Å²) in [5, 5.41) is 3.97. The lowest BCUT2D eigenvalue weighted by molar-refractivity contribution is 0.0689. The molecular weight excluding hydrogens is 330 g/mol.